The molecule has 0 amide bonds. The quantitative estimate of drug-likeness (QED) is 0.538. The van der Waals surface area contributed by atoms with Crippen LogP contribution >= 0.6 is 12.6 Å². The van der Waals surface area contributed by atoms with Crippen LogP contribution < -0.4 is 0 Å². The number of hydrogen-bond donors (Lipinski definition) is 1. The maximum absolute atomic E-state index is 13.3. The molecule has 0 spiro atoms. The van der Waals surface area contributed by atoms with Gasteiger partial charge in [0.05, 0.1) is 10.9 Å². The van der Waals surface area contributed by atoms with Crippen molar-refractivity contribution in [2.75, 3.05) is 6.54 Å². The minimum Gasteiger partial charge on any atom is -0.292 e. The number of hydrogen-bond acceptors (Lipinski definition) is 4. The van der Waals surface area contributed by atoms with Gasteiger partial charge in [0.15, 0.2) is 5.78 Å². The van der Waals surface area contributed by atoms with Crippen molar-refractivity contribution >= 4 is 39.2 Å². The second-order valence-electron chi connectivity index (χ2n) is 6.72. The number of carbonyl (C=O) groups is 1. The van der Waals surface area contributed by atoms with Gasteiger partial charge in [-0.25, -0.2) is 8.42 Å². The first-order valence-electron chi connectivity index (χ1n) is 8.75. The molecule has 1 aliphatic heterocycles. The summed E-state index contributed by atoms with van der Waals surface area (Å²) < 4.78 is 27.9. The van der Waals surface area contributed by atoms with E-state index in [9.17, 15) is 13.2 Å². The van der Waals surface area contributed by atoms with E-state index < -0.39 is 16.1 Å². The van der Waals surface area contributed by atoms with Crippen LogP contribution in [0, 0.1) is 0 Å². The molecule has 2 unspecified atom stereocenters. The molecule has 1 saturated heterocycles. The van der Waals surface area contributed by atoms with E-state index in [0.29, 0.717) is 12.0 Å². The fourth-order valence-electron chi connectivity index (χ4n) is 3.55. The molecule has 4 rings (SSSR count). The molecular formula is C21H19NO3S2. The first kappa shape index (κ1) is 18.2. The summed E-state index contributed by atoms with van der Waals surface area (Å²) in [5.41, 5.74) is 0.517. The number of carbonyl (C=O) groups excluding carboxylic acids is 1. The number of sulfonamides is 1. The first-order valence-corrected chi connectivity index (χ1v) is 10.7. The fraction of sp³-hybridized carbons (Fsp3) is 0.190. The van der Waals surface area contributed by atoms with Gasteiger partial charge in [0.25, 0.3) is 0 Å². The Labute approximate surface area is 164 Å². The van der Waals surface area contributed by atoms with Gasteiger partial charge in [-0.05, 0) is 29.3 Å². The summed E-state index contributed by atoms with van der Waals surface area (Å²) in [5, 5.41) is 1.66. The van der Waals surface area contributed by atoms with Gasteiger partial charge in [-0.3, -0.25) is 4.79 Å². The normalized spacial score (nSPS) is 20.8. The summed E-state index contributed by atoms with van der Waals surface area (Å²) in [4.78, 5) is 13.2. The van der Waals surface area contributed by atoms with Crippen LogP contribution in [-0.2, 0) is 10.0 Å². The number of benzene rings is 3. The average molecular weight is 398 g/mol. The van der Waals surface area contributed by atoms with Gasteiger partial charge in [-0.2, -0.15) is 16.9 Å². The summed E-state index contributed by atoms with van der Waals surface area (Å²) in [6.07, 6.45) is 0.406. The molecule has 0 aliphatic carbocycles. The zero-order valence-electron chi connectivity index (χ0n) is 14.5. The van der Waals surface area contributed by atoms with Crippen molar-refractivity contribution in [3.8, 4) is 0 Å². The zero-order chi connectivity index (χ0) is 19.0. The third-order valence-electron chi connectivity index (χ3n) is 4.92. The monoisotopic (exact) mass is 397 g/mol. The van der Waals surface area contributed by atoms with Crippen LogP contribution in [0.15, 0.2) is 77.7 Å². The van der Waals surface area contributed by atoms with Gasteiger partial charge >= 0.3 is 0 Å². The predicted molar refractivity (Wildman–Crippen MR) is 110 cm³/mol. The molecule has 1 heterocycles. The number of thiol groups is 1. The molecule has 27 heavy (non-hydrogen) atoms. The fourth-order valence-corrected chi connectivity index (χ4v) is 5.71. The third-order valence-corrected chi connectivity index (χ3v) is 7.17. The molecule has 3 aromatic rings. The summed E-state index contributed by atoms with van der Waals surface area (Å²) in [7, 11) is -3.80. The Morgan fingerprint density at radius 2 is 1.59 bits per heavy atom. The highest BCUT2D eigenvalue weighted by Crippen LogP contribution is 2.31. The van der Waals surface area contributed by atoms with Crippen molar-refractivity contribution in [1.82, 2.24) is 4.31 Å². The molecule has 0 saturated carbocycles. The van der Waals surface area contributed by atoms with Crippen LogP contribution in [0.5, 0.6) is 0 Å². The van der Waals surface area contributed by atoms with Crippen molar-refractivity contribution in [1.29, 1.82) is 0 Å². The third kappa shape index (κ3) is 3.40. The smallest absolute Gasteiger partial charge is 0.243 e. The van der Waals surface area contributed by atoms with Crippen molar-refractivity contribution in [2.45, 2.75) is 22.6 Å². The molecule has 0 bridgehead atoms. The molecule has 3 aromatic carbocycles. The first-order chi connectivity index (χ1) is 13.0. The Morgan fingerprint density at radius 3 is 2.33 bits per heavy atom. The lowest BCUT2D eigenvalue weighted by Crippen LogP contribution is -2.40. The van der Waals surface area contributed by atoms with Crippen molar-refractivity contribution in [3.05, 3.63) is 78.4 Å². The predicted octanol–water partition coefficient (Wildman–Crippen LogP) is 3.78. The maximum Gasteiger partial charge on any atom is 0.243 e. The highest BCUT2D eigenvalue weighted by atomic mass is 32.2. The van der Waals surface area contributed by atoms with E-state index >= 15 is 0 Å². The minimum absolute atomic E-state index is 0.169. The summed E-state index contributed by atoms with van der Waals surface area (Å²) in [6, 6.07) is 20.8. The number of rotatable bonds is 4. The Hall–Kier alpha value is -2.15. The minimum atomic E-state index is -3.80. The van der Waals surface area contributed by atoms with E-state index in [4.69, 9.17) is 0 Å². The molecule has 6 heteroatoms. The van der Waals surface area contributed by atoms with E-state index in [2.05, 4.69) is 12.6 Å². The van der Waals surface area contributed by atoms with Crippen LogP contribution in [0.25, 0.3) is 10.8 Å². The van der Waals surface area contributed by atoms with Crippen LogP contribution in [0.1, 0.15) is 16.8 Å². The Morgan fingerprint density at radius 1 is 0.926 bits per heavy atom. The largest absolute Gasteiger partial charge is 0.292 e. The van der Waals surface area contributed by atoms with E-state index in [1.165, 1.54) is 4.31 Å². The van der Waals surface area contributed by atoms with Gasteiger partial charge in [0, 0.05) is 17.4 Å². The summed E-state index contributed by atoms with van der Waals surface area (Å²) in [5.74, 6) is -0.184. The van der Waals surface area contributed by atoms with Crippen molar-refractivity contribution in [3.63, 3.8) is 0 Å². The highest BCUT2D eigenvalue weighted by Gasteiger charge is 2.43. The Kier molecular flexibility index (Phi) is 4.80. The van der Waals surface area contributed by atoms with Gasteiger partial charge in [0.1, 0.15) is 0 Å². The van der Waals surface area contributed by atoms with Crippen molar-refractivity contribution < 1.29 is 13.2 Å². The molecule has 2 atom stereocenters. The standard InChI is InChI=1S/C21H19NO3S2/c23-21(16-7-2-1-3-8-16)20-13-18(26)14-22(20)27(24,25)19-11-10-15-6-4-5-9-17(15)12-19/h1-12,18,20,26H,13-14H2. The van der Waals surface area contributed by atoms with Gasteiger partial charge in [-0.15, -0.1) is 0 Å². The molecule has 0 radical (unpaired) electrons. The number of nitrogens with zero attached hydrogens (tertiary/aromatic N) is 1. The van der Waals surface area contributed by atoms with Crippen LogP contribution in [0.3, 0.4) is 0 Å². The molecular weight excluding hydrogens is 378 g/mol. The van der Waals surface area contributed by atoms with Crippen LogP contribution in [0.4, 0.5) is 0 Å². The van der Waals surface area contributed by atoms with E-state index in [0.717, 1.165) is 10.8 Å². The second-order valence-corrected chi connectivity index (χ2v) is 9.34. The lowest BCUT2D eigenvalue weighted by Gasteiger charge is -2.23. The number of Topliss-reactive ketones (excluding diaryl/α,β-unsaturated/α-hetero) is 1. The molecule has 0 N–H and O–H groups in total. The Balaban J connectivity index is 1.73. The molecule has 1 aliphatic rings. The van der Waals surface area contributed by atoms with E-state index in [1.807, 2.05) is 30.3 Å². The van der Waals surface area contributed by atoms with E-state index in [-0.39, 0.29) is 22.5 Å². The van der Waals surface area contributed by atoms with Crippen LogP contribution in [-0.4, -0.2) is 36.3 Å². The molecule has 138 valence electrons. The molecule has 1 fully saturated rings. The number of ketones is 1. The second kappa shape index (κ2) is 7.11. The van der Waals surface area contributed by atoms with Gasteiger partial charge in [0.2, 0.25) is 10.0 Å². The number of fused-ring (bicyclic) bond motifs is 1. The lowest BCUT2D eigenvalue weighted by molar-refractivity contribution is 0.0918. The lowest BCUT2D eigenvalue weighted by atomic mass is 10.0. The summed E-state index contributed by atoms with van der Waals surface area (Å²) in [6.45, 7) is 0.224. The van der Waals surface area contributed by atoms with Crippen molar-refractivity contribution in [2.24, 2.45) is 0 Å². The highest BCUT2D eigenvalue weighted by molar-refractivity contribution is 7.89. The van der Waals surface area contributed by atoms with Gasteiger partial charge in [-0.1, -0.05) is 60.7 Å². The summed E-state index contributed by atoms with van der Waals surface area (Å²) >= 11 is 4.46. The van der Waals surface area contributed by atoms with E-state index in [1.54, 1.807) is 42.5 Å². The molecule has 0 aromatic heterocycles. The molecule has 4 nitrogen and oxygen atoms in total. The zero-order valence-corrected chi connectivity index (χ0v) is 16.2. The maximum atomic E-state index is 13.3. The Bertz CT molecular complexity index is 1100. The topological polar surface area (TPSA) is 54.5 Å². The van der Waals surface area contributed by atoms with Crippen LogP contribution in [0.2, 0.25) is 0 Å². The average Bonchev–Trinajstić information content (AvgIpc) is 3.10. The van der Waals surface area contributed by atoms with Gasteiger partial charge < -0.3 is 0 Å². The SMILES string of the molecule is O=C(c1ccccc1)C1CC(S)CN1S(=O)(=O)c1ccc2ccccc2c1.